The predicted octanol–water partition coefficient (Wildman–Crippen LogP) is 0.419. The molecule has 0 aromatic carbocycles. The molecule has 0 bridgehead atoms. The third kappa shape index (κ3) is 2.87. The Bertz CT molecular complexity index is 535. The number of ether oxygens (including phenoxy) is 1. The Labute approximate surface area is 135 Å². The molecule has 6 atom stereocenters. The largest absolute Gasteiger partial charge is 0.430 e. The van der Waals surface area contributed by atoms with E-state index in [9.17, 15) is 25.2 Å². The van der Waals surface area contributed by atoms with Crippen molar-refractivity contribution < 1.29 is 30.0 Å². The van der Waals surface area contributed by atoms with Crippen LogP contribution in [0.1, 0.15) is 26.7 Å². The minimum atomic E-state index is -2.12. The van der Waals surface area contributed by atoms with Crippen LogP contribution in [-0.4, -0.2) is 50.5 Å². The molecule has 0 aromatic rings. The van der Waals surface area contributed by atoms with Crippen molar-refractivity contribution in [3.05, 3.63) is 36.5 Å². The van der Waals surface area contributed by atoms with E-state index in [1.807, 2.05) is 12.2 Å². The second kappa shape index (κ2) is 6.57. The van der Waals surface area contributed by atoms with Crippen molar-refractivity contribution in [1.29, 1.82) is 0 Å². The van der Waals surface area contributed by atoms with Gasteiger partial charge in [0.2, 0.25) is 5.79 Å². The van der Waals surface area contributed by atoms with E-state index in [4.69, 9.17) is 4.74 Å². The lowest BCUT2D eigenvalue weighted by Gasteiger charge is -2.42. The van der Waals surface area contributed by atoms with Crippen LogP contribution in [0.2, 0.25) is 0 Å². The van der Waals surface area contributed by atoms with E-state index in [-0.39, 0.29) is 0 Å². The summed E-state index contributed by atoms with van der Waals surface area (Å²) in [6.07, 6.45) is 7.37. The molecule has 23 heavy (non-hydrogen) atoms. The van der Waals surface area contributed by atoms with Crippen molar-refractivity contribution >= 4 is 5.97 Å². The smallest absolute Gasteiger partial charge is 0.321 e. The molecular weight excluding hydrogens is 300 g/mol. The first kappa shape index (κ1) is 17.9. The molecule has 1 saturated heterocycles. The SMILES string of the molecule is CCC/C=C/C=C/[C@@H]1C=C[C@@H](O)[C@H](O)C12C(=O)O[C@](C)(O)[C@@H]2O. The highest BCUT2D eigenvalue weighted by atomic mass is 16.7. The van der Waals surface area contributed by atoms with Gasteiger partial charge in [0, 0.05) is 12.8 Å². The third-order valence-electron chi connectivity index (χ3n) is 4.51. The number of esters is 1. The summed E-state index contributed by atoms with van der Waals surface area (Å²) in [5.74, 6) is -3.77. The van der Waals surface area contributed by atoms with Gasteiger partial charge in [-0.1, -0.05) is 49.8 Å². The van der Waals surface area contributed by atoms with Gasteiger partial charge < -0.3 is 25.2 Å². The molecule has 1 aliphatic heterocycles. The zero-order chi connectivity index (χ0) is 17.3. The Kier molecular flexibility index (Phi) is 5.10. The second-order valence-corrected chi connectivity index (χ2v) is 6.23. The highest BCUT2D eigenvalue weighted by molar-refractivity contribution is 5.83. The summed E-state index contributed by atoms with van der Waals surface area (Å²) in [5.41, 5.74) is -1.84. The van der Waals surface area contributed by atoms with Crippen molar-refractivity contribution in [2.75, 3.05) is 0 Å². The molecule has 4 N–H and O–H groups in total. The maximum absolute atomic E-state index is 12.4. The lowest BCUT2D eigenvalue weighted by Crippen LogP contribution is -2.59. The minimum absolute atomic E-state index is 0.719. The number of carbonyl (C=O) groups is 1. The Hall–Kier alpha value is -1.47. The van der Waals surface area contributed by atoms with Crippen molar-refractivity contribution in [1.82, 2.24) is 0 Å². The first-order valence-corrected chi connectivity index (χ1v) is 7.80. The summed E-state index contributed by atoms with van der Waals surface area (Å²) in [6.45, 7) is 3.21. The van der Waals surface area contributed by atoms with Crippen LogP contribution in [0.5, 0.6) is 0 Å². The standard InChI is InChI=1S/C17H24O6/c1-3-4-5-6-7-8-11-9-10-12(18)13(19)17(11)14(20)16(2,22)23-15(17)21/h5-14,18-20,22H,3-4H2,1-2H3/b6-5+,8-7+/t11-,12-,13+,14+,16+,17?/m1/s1. The van der Waals surface area contributed by atoms with E-state index in [1.165, 1.54) is 12.2 Å². The lowest BCUT2D eigenvalue weighted by molar-refractivity contribution is -0.209. The Morgan fingerprint density at radius 2 is 1.96 bits per heavy atom. The van der Waals surface area contributed by atoms with Crippen molar-refractivity contribution in [2.45, 2.75) is 50.8 Å². The van der Waals surface area contributed by atoms with Crippen LogP contribution >= 0.6 is 0 Å². The minimum Gasteiger partial charge on any atom is -0.430 e. The molecule has 0 amide bonds. The topological polar surface area (TPSA) is 107 Å². The van der Waals surface area contributed by atoms with Crippen LogP contribution in [0.25, 0.3) is 0 Å². The van der Waals surface area contributed by atoms with Crippen molar-refractivity contribution in [2.24, 2.45) is 11.3 Å². The monoisotopic (exact) mass is 324 g/mol. The highest BCUT2D eigenvalue weighted by Crippen LogP contribution is 2.51. The normalized spacial score (nSPS) is 43.8. The molecule has 0 aromatic heterocycles. The molecule has 0 saturated carbocycles. The Balaban J connectivity index is 2.39. The molecule has 2 rings (SSSR count). The fourth-order valence-corrected chi connectivity index (χ4v) is 3.21. The molecule has 6 nitrogen and oxygen atoms in total. The van der Waals surface area contributed by atoms with Crippen LogP contribution in [0, 0.1) is 11.3 Å². The zero-order valence-electron chi connectivity index (χ0n) is 13.3. The lowest BCUT2D eigenvalue weighted by atomic mass is 9.62. The van der Waals surface area contributed by atoms with E-state index in [2.05, 4.69) is 6.92 Å². The van der Waals surface area contributed by atoms with Gasteiger partial charge in [-0.15, -0.1) is 0 Å². The van der Waals surface area contributed by atoms with Gasteiger partial charge in [-0.3, -0.25) is 4.79 Å². The average Bonchev–Trinajstić information content (AvgIpc) is 2.66. The number of carbonyl (C=O) groups excluding carboxylic acids is 1. The Morgan fingerprint density at radius 1 is 1.26 bits per heavy atom. The fraction of sp³-hybridized carbons (Fsp3) is 0.588. The summed E-state index contributed by atoms with van der Waals surface area (Å²) in [4.78, 5) is 12.4. The fourth-order valence-electron chi connectivity index (χ4n) is 3.21. The maximum Gasteiger partial charge on any atom is 0.321 e. The first-order chi connectivity index (χ1) is 10.8. The van der Waals surface area contributed by atoms with Crippen LogP contribution in [0.15, 0.2) is 36.5 Å². The molecule has 1 heterocycles. The average molecular weight is 324 g/mol. The number of hydrogen-bond acceptors (Lipinski definition) is 6. The molecular formula is C17H24O6. The van der Waals surface area contributed by atoms with Crippen LogP contribution in [0.4, 0.5) is 0 Å². The summed E-state index contributed by atoms with van der Waals surface area (Å²) in [7, 11) is 0. The van der Waals surface area contributed by atoms with Gasteiger partial charge in [0.05, 0.1) is 6.10 Å². The van der Waals surface area contributed by atoms with Crippen molar-refractivity contribution in [3.63, 3.8) is 0 Å². The van der Waals surface area contributed by atoms with E-state index in [0.29, 0.717) is 0 Å². The number of aliphatic hydroxyl groups excluding tert-OH is 3. The number of hydrogen-bond donors (Lipinski definition) is 4. The van der Waals surface area contributed by atoms with Gasteiger partial charge in [-0.25, -0.2) is 0 Å². The van der Waals surface area contributed by atoms with Crippen LogP contribution < -0.4 is 0 Å². The number of allylic oxidation sites excluding steroid dienone is 5. The number of cyclic esters (lactones) is 1. The predicted molar refractivity (Wildman–Crippen MR) is 83.0 cm³/mol. The molecule has 1 fully saturated rings. The molecule has 1 aliphatic carbocycles. The summed E-state index contributed by atoms with van der Waals surface area (Å²) < 4.78 is 4.86. The van der Waals surface area contributed by atoms with E-state index < -0.39 is 41.4 Å². The highest BCUT2D eigenvalue weighted by Gasteiger charge is 2.69. The molecule has 1 spiro atoms. The van der Waals surface area contributed by atoms with Crippen LogP contribution in [-0.2, 0) is 9.53 Å². The quantitative estimate of drug-likeness (QED) is 0.339. The second-order valence-electron chi connectivity index (χ2n) is 6.23. The first-order valence-electron chi connectivity index (χ1n) is 7.80. The molecule has 2 aliphatic rings. The van der Waals surface area contributed by atoms with Gasteiger partial charge in [-0.2, -0.15) is 0 Å². The molecule has 0 radical (unpaired) electrons. The number of aliphatic hydroxyl groups is 4. The van der Waals surface area contributed by atoms with E-state index in [0.717, 1.165) is 19.8 Å². The number of rotatable bonds is 4. The van der Waals surface area contributed by atoms with E-state index >= 15 is 0 Å². The van der Waals surface area contributed by atoms with E-state index in [1.54, 1.807) is 12.2 Å². The van der Waals surface area contributed by atoms with Gasteiger partial charge in [0.15, 0.2) is 0 Å². The van der Waals surface area contributed by atoms with Gasteiger partial charge >= 0.3 is 5.97 Å². The van der Waals surface area contributed by atoms with Crippen molar-refractivity contribution in [3.8, 4) is 0 Å². The molecule has 1 unspecified atom stereocenters. The summed E-state index contributed by atoms with van der Waals surface area (Å²) in [5, 5.41) is 40.8. The zero-order valence-corrected chi connectivity index (χ0v) is 13.3. The Morgan fingerprint density at radius 3 is 2.52 bits per heavy atom. The van der Waals surface area contributed by atoms with Gasteiger partial charge in [0.1, 0.15) is 17.6 Å². The van der Waals surface area contributed by atoms with Gasteiger partial charge in [0.25, 0.3) is 0 Å². The molecule has 6 heteroatoms. The summed E-state index contributed by atoms with van der Waals surface area (Å²) in [6, 6.07) is 0. The summed E-state index contributed by atoms with van der Waals surface area (Å²) >= 11 is 0. The number of unbranched alkanes of at least 4 members (excludes halogenated alkanes) is 1. The maximum atomic E-state index is 12.4. The van der Waals surface area contributed by atoms with Crippen LogP contribution in [0.3, 0.4) is 0 Å². The molecule has 128 valence electrons. The van der Waals surface area contributed by atoms with Gasteiger partial charge in [-0.05, 0) is 6.42 Å². The third-order valence-corrected chi connectivity index (χ3v) is 4.51.